The maximum absolute atomic E-state index is 11.9. The molecule has 0 fully saturated rings. The van der Waals surface area contributed by atoms with Crippen molar-refractivity contribution in [3.63, 3.8) is 0 Å². The van der Waals surface area contributed by atoms with E-state index in [0.717, 1.165) is 6.08 Å². The van der Waals surface area contributed by atoms with Crippen molar-refractivity contribution in [1.29, 1.82) is 0 Å². The minimum atomic E-state index is -0.815. The zero-order valence-corrected chi connectivity index (χ0v) is 14.5. The molecule has 9 heteroatoms. The Morgan fingerprint density at radius 1 is 1.19 bits per heavy atom. The fraction of sp³-hybridized carbons (Fsp3) is 0.111. The summed E-state index contributed by atoms with van der Waals surface area (Å²) in [5, 5.41) is 11.7. The number of carbonyl (C=O) groups is 2. The van der Waals surface area contributed by atoms with Crippen LogP contribution in [0.15, 0.2) is 42.5 Å². The van der Waals surface area contributed by atoms with Gasteiger partial charge in [0.1, 0.15) is 0 Å². The largest absolute Gasteiger partial charge is 0.454 e. The van der Waals surface area contributed by atoms with Crippen molar-refractivity contribution in [3.05, 3.63) is 68.7 Å². The molecular formula is C18H12ClNO7. The number of carbonyl (C=O) groups excluding carboxylic acids is 2. The molecule has 0 amide bonds. The highest BCUT2D eigenvalue weighted by molar-refractivity contribution is 6.30. The van der Waals surface area contributed by atoms with Crippen molar-refractivity contribution in [2.75, 3.05) is 13.4 Å². The quantitative estimate of drug-likeness (QED) is 0.245. The lowest BCUT2D eigenvalue weighted by molar-refractivity contribution is -0.385. The molecule has 138 valence electrons. The van der Waals surface area contributed by atoms with Gasteiger partial charge in [-0.15, -0.1) is 0 Å². The molecule has 0 bridgehead atoms. The number of rotatable bonds is 6. The van der Waals surface area contributed by atoms with Gasteiger partial charge in [-0.3, -0.25) is 14.9 Å². The fourth-order valence-electron chi connectivity index (χ4n) is 2.30. The molecule has 1 aliphatic rings. The van der Waals surface area contributed by atoms with Gasteiger partial charge >= 0.3 is 5.97 Å². The Labute approximate surface area is 158 Å². The van der Waals surface area contributed by atoms with E-state index in [1.807, 2.05) is 0 Å². The van der Waals surface area contributed by atoms with Gasteiger partial charge in [0, 0.05) is 16.7 Å². The standard InChI is InChI=1S/C18H12ClNO7/c19-13-4-1-11(2-5-13)15(21)9-25-18(22)6-3-12-7-16-17(27-10-26-16)8-14(12)20(23)24/h1-8H,9-10H2/b6-3+. The Kier molecular flexibility index (Phi) is 5.37. The topological polar surface area (TPSA) is 105 Å². The van der Waals surface area contributed by atoms with Crippen molar-refractivity contribution in [1.82, 2.24) is 0 Å². The number of nitro groups is 1. The average Bonchev–Trinajstić information content (AvgIpc) is 3.11. The van der Waals surface area contributed by atoms with Crippen LogP contribution in [0.4, 0.5) is 5.69 Å². The lowest BCUT2D eigenvalue weighted by Crippen LogP contribution is -2.12. The minimum absolute atomic E-state index is 0.0332. The van der Waals surface area contributed by atoms with Crippen LogP contribution in [0.5, 0.6) is 11.5 Å². The number of esters is 1. The Hall–Kier alpha value is -3.39. The predicted octanol–water partition coefficient (Wildman–Crippen LogP) is 3.42. The number of ketones is 1. The monoisotopic (exact) mass is 389 g/mol. The van der Waals surface area contributed by atoms with E-state index in [1.165, 1.54) is 30.3 Å². The molecule has 0 spiro atoms. The first-order valence-electron chi connectivity index (χ1n) is 7.65. The normalized spacial score (nSPS) is 12.2. The van der Waals surface area contributed by atoms with Gasteiger partial charge in [-0.2, -0.15) is 0 Å². The number of nitrogens with zero attached hydrogens (tertiary/aromatic N) is 1. The summed E-state index contributed by atoms with van der Waals surface area (Å²) in [4.78, 5) is 34.3. The van der Waals surface area contributed by atoms with Crippen LogP contribution in [0.2, 0.25) is 5.02 Å². The summed E-state index contributed by atoms with van der Waals surface area (Å²) in [5.41, 5.74) is 0.244. The first-order valence-corrected chi connectivity index (χ1v) is 8.03. The Morgan fingerprint density at radius 2 is 1.85 bits per heavy atom. The maximum atomic E-state index is 11.9. The van der Waals surface area contributed by atoms with Crippen LogP contribution in [0.1, 0.15) is 15.9 Å². The fourth-order valence-corrected chi connectivity index (χ4v) is 2.43. The van der Waals surface area contributed by atoms with Crippen molar-refractivity contribution >= 4 is 35.1 Å². The number of nitro benzene ring substituents is 1. The number of Topliss-reactive ketones (excluding diaryl/α,β-unsaturated/α-hetero) is 1. The van der Waals surface area contributed by atoms with Crippen LogP contribution in [0.3, 0.4) is 0 Å². The summed E-state index contributed by atoms with van der Waals surface area (Å²) >= 11 is 5.74. The molecule has 3 rings (SSSR count). The first-order chi connectivity index (χ1) is 12.9. The zero-order chi connectivity index (χ0) is 19.4. The van der Waals surface area contributed by atoms with Crippen LogP contribution < -0.4 is 9.47 Å². The average molecular weight is 390 g/mol. The summed E-state index contributed by atoms with van der Waals surface area (Å²) in [6.07, 6.45) is 2.22. The summed E-state index contributed by atoms with van der Waals surface area (Å²) in [5.74, 6) is -0.617. The van der Waals surface area contributed by atoms with Crippen molar-refractivity contribution in [2.45, 2.75) is 0 Å². The van der Waals surface area contributed by atoms with E-state index in [-0.39, 0.29) is 23.8 Å². The van der Waals surface area contributed by atoms with E-state index in [2.05, 4.69) is 0 Å². The predicted molar refractivity (Wildman–Crippen MR) is 95.0 cm³/mol. The molecule has 0 atom stereocenters. The second-order valence-corrected chi connectivity index (χ2v) is 5.83. The summed E-state index contributed by atoms with van der Waals surface area (Å²) in [6, 6.07) is 8.75. The zero-order valence-electron chi connectivity index (χ0n) is 13.7. The van der Waals surface area contributed by atoms with Crippen LogP contribution >= 0.6 is 11.6 Å². The van der Waals surface area contributed by atoms with Gasteiger partial charge in [-0.25, -0.2) is 4.79 Å². The van der Waals surface area contributed by atoms with E-state index in [9.17, 15) is 19.7 Å². The third-order valence-corrected chi connectivity index (χ3v) is 3.88. The molecule has 0 radical (unpaired) electrons. The van der Waals surface area contributed by atoms with Crippen LogP contribution in [-0.4, -0.2) is 30.1 Å². The third-order valence-electron chi connectivity index (χ3n) is 3.63. The molecule has 2 aromatic carbocycles. The van der Waals surface area contributed by atoms with Gasteiger partial charge in [0.25, 0.3) is 5.69 Å². The number of fused-ring (bicyclic) bond motifs is 1. The van der Waals surface area contributed by atoms with Crippen LogP contribution in [-0.2, 0) is 9.53 Å². The van der Waals surface area contributed by atoms with Gasteiger partial charge in [0.15, 0.2) is 23.9 Å². The Balaban J connectivity index is 1.65. The summed E-state index contributed by atoms with van der Waals surface area (Å²) in [6.45, 7) is -0.497. The molecular weight excluding hydrogens is 378 g/mol. The van der Waals surface area contributed by atoms with Crippen LogP contribution in [0.25, 0.3) is 6.08 Å². The van der Waals surface area contributed by atoms with Crippen LogP contribution in [0, 0.1) is 10.1 Å². The molecule has 0 unspecified atom stereocenters. The van der Waals surface area contributed by atoms with Crippen molar-refractivity contribution < 1.29 is 28.7 Å². The molecule has 0 saturated carbocycles. The minimum Gasteiger partial charge on any atom is -0.454 e. The summed E-state index contributed by atoms with van der Waals surface area (Å²) in [7, 11) is 0. The van der Waals surface area contributed by atoms with Gasteiger partial charge in [-0.05, 0) is 36.4 Å². The maximum Gasteiger partial charge on any atom is 0.331 e. The SMILES string of the molecule is O=C(/C=C/c1cc2c(cc1[N+](=O)[O-])OCO2)OCC(=O)c1ccc(Cl)cc1. The van der Waals surface area contributed by atoms with Crippen molar-refractivity contribution in [3.8, 4) is 11.5 Å². The molecule has 8 nitrogen and oxygen atoms in total. The van der Waals surface area contributed by atoms with E-state index < -0.39 is 23.3 Å². The second-order valence-electron chi connectivity index (χ2n) is 5.39. The molecule has 1 heterocycles. The number of halogens is 1. The molecule has 0 aromatic heterocycles. The van der Waals surface area contributed by atoms with E-state index in [0.29, 0.717) is 16.3 Å². The molecule has 2 aromatic rings. The van der Waals surface area contributed by atoms with E-state index >= 15 is 0 Å². The first kappa shape index (κ1) is 18.4. The number of benzene rings is 2. The second kappa shape index (κ2) is 7.88. The van der Waals surface area contributed by atoms with Gasteiger partial charge < -0.3 is 14.2 Å². The lowest BCUT2D eigenvalue weighted by Gasteiger charge is -2.03. The lowest BCUT2D eigenvalue weighted by atomic mass is 10.1. The Morgan fingerprint density at radius 3 is 2.52 bits per heavy atom. The molecule has 27 heavy (non-hydrogen) atoms. The Bertz CT molecular complexity index is 937. The molecule has 0 N–H and O–H groups in total. The van der Waals surface area contributed by atoms with E-state index in [1.54, 1.807) is 12.1 Å². The third kappa shape index (κ3) is 4.42. The molecule has 0 aliphatic carbocycles. The van der Waals surface area contributed by atoms with Crippen molar-refractivity contribution in [2.24, 2.45) is 0 Å². The van der Waals surface area contributed by atoms with Gasteiger partial charge in [0.05, 0.1) is 16.6 Å². The molecule has 0 saturated heterocycles. The number of ether oxygens (including phenoxy) is 3. The smallest absolute Gasteiger partial charge is 0.331 e. The highest BCUT2D eigenvalue weighted by Crippen LogP contribution is 2.38. The summed E-state index contributed by atoms with van der Waals surface area (Å²) < 4.78 is 15.1. The van der Waals surface area contributed by atoms with E-state index in [4.69, 9.17) is 25.8 Å². The highest BCUT2D eigenvalue weighted by atomic mass is 35.5. The van der Waals surface area contributed by atoms with Gasteiger partial charge in [0.2, 0.25) is 6.79 Å². The number of hydrogen-bond acceptors (Lipinski definition) is 7. The molecule has 1 aliphatic heterocycles. The highest BCUT2D eigenvalue weighted by Gasteiger charge is 2.22. The number of hydrogen-bond donors (Lipinski definition) is 0. The van der Waals surface area contributed by atoms with Gasteiger partial charge in [-0.1, -0.05) is 11.6 Å².